The van der Waals surface area contributed by atoms with E-state index in [1.165, 1.54) is 0 Å². The van der Waals surface area contributed by atoms with Crippen molar-refractivity contribution in [3.05, 3.63) is 65.2 Å². The molecule has 0 bridgehead atoms. The lowest BCUT2D eigenvalue weighted by Gasteiger charge is -2.26. The van der Waals surface area contributed by atoms with Crippen LogP contribution in [0.5, 0.6) is 11.5 Å². The molecule has 1 heterocycles. The van der Waals surface area contributed by atoms with Crippen molar-refractivity contribution < 1.29 is 24.2 Å². The number of aliphatic hydroxyl groups excluding tert-OH is 1. The Hall–Kier alpha value is -3.32. The highest BCUT2D eigenvalue weighted by molar-refractivity contribution is 6.46. The Balaban J connectivity index is 2.03. The number of carbonyl (C=O) groups excluding carboxylic acids is 2. The number of ether oxygens (including phenoxy) is 2. The van der Waals surface area contributed by atoms with Crippen LogP contribution in [0.25, 0.3) is 5.76 Å². The summed E-state index contributed by atoms with van der Waals surface area (Å²) in [6, 6.07) is 13.7. The zero-order chi connectivity index (χ0) is 25.4. The van der Waals surface area contributed by atoms with E-state index in [9.17, 15) is 14.7 Å². The SMILES string of the molecule is CCCOc1ccc(C2/C(=C(\O)c3cccc(OCCC)c3)C(=O)C(=O)N2CCCN(C)C)cc1. The number of carbonyl (C=O) groups is 2. The predicted molar refractivity (Wildman–Crippen MR) is 137 cm³/mol. The first-order valence-electron chi connectivity index (χ1n) is 12.3. The van der Waals surface area contributed by atoms with Gasteiger partial charge < -0.3 is 24.4 Å². The van der Waals surface area contributed by atoms with Crippen molar-refractivity contribution >= 4 is 17.4 Å². The number of likely N-dealkylation sites (tertiary alicyclic amines) is 1. The lowest BCUT2D eigenvalue weighted by Crippen LogP contribution is -2.32. The van der Waals surface area contributed by atoms with Gasteiger partial charge in [0, 0.05) is 12.1 Å². The van der Waals surface area contributed by atoms with Crippen molar-refractivity contribution in [3.63, 3.8) is 0 Å². The molecule has 2 aromatic rings. The van der Waals surface area contributed by atoms with E-state index in [1.54, 1.807) is 29.2 Å². The Kier molecular flexibility index (Phi) is 9.32. The van der Waals surface area contributed by atoms with Gasteiger partial charge in [0.25, 0.3) is 11.7 Å². The number of amides is 1. The molecular formula is C28H36N2O5. The molecule has 1 unspecified atom stereocenters. The van der Waals surface area contributed by atoms with Gasteiger partial charge in [0.2, 0.25) is 0 Å². The maximum Gasteiger partial charge on any atom is 0.295 e. The average molecular weight is 481 g/mol. The fraction of sp³-hybridized carbons (Fsp3) is 0.429. The highest BCUT2D eigenvalue weighted by atomic mass is 16.5. The second kappa shape index (κ2) is 12.4. The fourth-order valence-corrected chi connectivity index (χ4v) is 4.09. The summed E-state index contributed by atoms with van der Waals surface area (Å²) >= 11 is 0. The van der Waals surface area contributed by atoms with Gasteiger partial charge in [-0.25, -0.2) is 0 Å². The normalized spacial score (nSPS) is 17.3. The van der Waals surface area contributed by atoms with Gasteiger partial charge in [-0.05, 0) is 69.7 Å². The summed E-state index contributed by atoms with van der Waals surface area (Å²) < 4.78 is 11.4. The third-order valence-electron chi connectivity index (χ3n) is 5.79. The van der Waals surface area contributed by atoms with Gasteiger partial charge in [0.1, 0.15) is 17.3 Å². The molecule has 188 valence electrons. The van der Waals surface area contributed by atoms with E-state index in [0.717, 1.165) is 30.7 Å². The maximum absolute atomic E-state index is 13.2. The summed E-state index contributed by atoms with van der Waals surface area (Å²) in [7, 11) is 3.93. The predicted octanol–water partition coefficient (Wildman–Crippen LogP) is 4.64. The molecule has 1 fully saturated rings. The first-order chi connectivity index (χ1) is 16.9. The topological polar surface area (TPSA) is 79.3 Å². The van der Waals surface area contributed by atoms with E-state index in [0.29, 0.717) is 37.5 Å². The second-order valence-corrected chi connectivity index (χ2v) is 8.94. The molecule has 3 rings (SSSR count). The van der Waals surface area contributed by atoms with E-state index in [-0.39, 0.29) is 11.3 Å². The van der Waals surface area contributed by atoms with Crippen LogP contribution in [0.15, 0.2) is 54.1 Å². The van der Waals surface area contributed by atoms with Gasteiger partial charge in [-0.3, -0.25) is 9.59 Å². The molecule has 0 radical (unpaired) electrons. The molecule has 35 heavy (non-hydrogen) atoms. The van der Waals surface area contributed by atoms with Crippen LogP contribution in [-0.4, -0.2) is 67.0 Å². The Labute approximate surface area is 207 Å². The summed E-state index contributed by atoms with van der Waals surface area (Å²) in [5.74, 6) is -0.147. The lowest BCUT2D eigenvalue weighted by atomic mass is 9.95. The Bertz CT molecular complexity index is 1050. The van der Waals surface area contributed by atoms with E-state index < -0.39 is 17.7 Å². The minimum absolute atomic E-state index is 0.0923. The zero-order valence-corrected chi connectivity index (χ0v) is 21.1. The number of benzene rings is 2. The summed E-state index contributed by atoms with van der Waals surface area (Å²) in [4.78, 5) is 29.9. The van der Waals surface area contributed by atoms with Crippen LogP contribution in [0, 0.1) is 0 Å². The van der Waals surface area contributed by atoms with E-state index in [2.05, 4.69) is 0 Å². The van der Waals surface area contributed by atoms with Crippen molar-refractivity contribution in [2.45, 2.75) is 39.2 Å². The lowest BCUT2D eigenvalue weighted by molar-refractivity contribution is -0.139. The summed E-state index contributed by atoms with van der Waals surface area (Å²) in [5, 5.41) is 11.3. The first kappa shape index (κ1) is 26.3. The molecule has 1 amide bonds. The van der Waals surface area contributed by atoms with Gasteiger partial charge in [-0.15, -0.1) is 0 Å². The Morgan fingerprint density at radius 1 is 0.971 bits per heavy atom. The van der Waals surface area contributed by atoms with Crippen molar-refractivity contribution in [3.8, 4) is 11.5 Å². The number of ketones is 1. The summed E-state index contributed by atoms with van der Waals surface area (Å²) in [5.41, 5.74) is 1.28. The van der Waals surface area contributed by atoms with Crippen molar-refractivity contribution in [1.29, 1.82) is 0 Å². The number of nitrogens with zero attached hydrogens (tertiary/aromatic N) is 2. The second-order valence-electron chi connectivity index (χ2n) is 8.94. The van der Waals surface area contributed by atoms with Crippen LogP contribution in [-0.2, 0) is 9.59 Å². The molecule has 1 atom stereocenters. The molecule has 7 nitrogen and oxygen atoms in total. The molecule has 0 saturated carbocycles. The van der Waals surface area contributed by atoms with Gasteiger partial charge in [-0.1, -0.05) is 38.1 Å². The smallest absolute Gasteiger partial charge is 0.295 e. The van der Waals surface area contributed by atoms with Crippen LogP contribution < -0.4 is 9.47 Å². The Morgan fingerprint density at radius 2 is 1.63 bits per heavy atom. The van der Waals surface area contributed by atoms with Crippen molar-refractivity contribution in [2.75, 3.05) is 40.4 Å². The van der Waals surface area contributed by atoms with Crippen LogP contribution in [0.1, 0.15) is 50.3 Å². The summed E-state index contributed by atoms with van der Waals surface area (Å²) in [6.07, 6.45) is 2.45. The molecule has 1 N–H and O–H groups in total. The molecule has 1 aliphatic rings. The first-order valence-corrected chi connectivity index (χ1v) is 12.3. The van der Waals surface area contributed by atoms with E-state index in [1.807, 2.05) is 57.1 Å². The largest absolute Gasteiger partial charge is 0.507 e. The minimum Gasteiger partial charge on any atom is -0.507 e. The molecule has 1 aliphatic heterocycles. The summed E-state index contributed by atoms with van der Waals surface area (Å²) in [6.45, 7) is 6.39. The molecule has 1 saturated heterocycles. The number of Topliss-reactive ketones (excluding diaryl/α,β-unsaturated/α-hetero) is 1. The molecule has 0 aliphatic carbocycles. The number of rotatable bonds is 12. The number of hydrogen-bond acceptors (Lipinski definition) is 6. The van der Waals surface area contributed by atoms with Crippen LogP contribution in [0.3, 0.4) is 0 Å². The quantitative estimate of drug-likeness (QED) is 0.271. The van der Waals surface area contributed by atoms with E-state index in [4.69, 9.17) is 9.47 Å². The van der Waals surface area contributed by atoms with Gasteiger partial charge in [-0.2, -0.15) is 0 Å². The monoisotopic (exact) mass is 480 g/mol. The minimum atomic E-state index is -0.683. The van der Waals surface area contributed by atoms with Crippen LogP contribution in [0.2, 0.25) is 0 Å². The fourth-order valence-electron chi connectivity index (χ4n) is 4.09. The number of aliphatic hydroxyl groups is 1. The van der Waals surface area contributed by atoms with Crippen molar-refractivity contribution in [2.24, 2.45) is 0 Å². The van der Waals surface area contributed by atoms with Crippen molar-refractivity contribution in [1.82, 2.24) is 9.80 Å². The Morgan fingerprint density at radius 3 is 2.26 bits per heavy atom. The van der Waals surface area contributed by atoms with E-state index >= 15 is 0 Å². The van der Waals surface area contributed by atoms with Gasteiger partial charge in [0.05, 0.1) is 24.8 Å². The van der Waals surface area contributed by atoms with Gasteiger partial charge in [0.15, 0.2) is 0 Å². The number of hydrogen-bond donors (Lipinski definition) is 1. The molecule has 0 aromatic heterocycles. The van der Waals surface area contributed by atoms with Gasteiger partial charge >= 0.3 is 0 Å². The highest BCUT2D eigenvalue weighted by Crippen LogP contribution is 2.40. The molecule has 7 heteroatoms. The molecule has 0 spiro atoms. The van der Waals surface area contributed by atoms with Crippen LogP contribution >= 0.6 is 0 Å². The third kappa shape index (κ3) is 6.42. The standard InChI is InChI=1S/C28H36N2O5/c1-5-17-34-22-13-11-20(12-14-22)25-24(27(32)28(33)30(25)16-8-15-29(3)4)26(31)21-9-7-10-23(19-21)35-18-6-2/h7,9-14,19,25,31H,5-6,8,15-18H2,1-4H3/b26-24+. The zero-order valence-electron chi connectivity index (χ0n) is 21.1. The maximum atomic E-state index is 13.2. The third-order valence-corrected chi connectivity index (χ3v) is 5.79. The molecular weight excluding hydrogens is 444 g/mol. The highest BCUT2D eigenvalue weighted by Gasteiger charge is 2.45. The van der Waals surface area contributed by atoms with Crippen LogP contribution in [0.4, 0.5) is 0 Å². The molecule has 2 aromatic carbocycles. The average Bonchev–Trinajstić information content (AvgIpc) is 3.11.